The highest BCUT2D eigenvalue weighted by Crippen LogP contribution is 2.23. The number of hydrogen-bond donors (Lipinski definition) is 3. The fourth-order valence-electron chi connectivity index (χ4n) is 1.64. The van der Waals surface area contributed by atoms with Crippen molar-refractivity contribution in [1.29, 1.82) is 0 Å². The number of halogens is 2. The number of aromatic nitrogens is 2. The second kappa shape index (κ2) is 6.02. The van der Waals surface area contributed by atoms with Crippen molar-refractivity contribution in [2.45, 2.75) is 19.8 Å². The third kappa shape index (κ3) is 3.55. The van der Waals surface area contributed by atoms with Crippen LogP contribution in [0.3, 0.4) is 0 Å². The lowest BCUT2D eigenvalue weighted by Gasteiger charge is -2.11. The van der Waals surface area contributed by atoms with E-state index in [2.05, 4.69) is 20.7 Å². The molecule has 106 valence electrons. The minimum atomic E-state index is -0.421. The summed E-state index contributed by atoms with van der Waals surface area (Å²) in [6.07, 6.45) is 0. The van der Waals surface area contributed by atoms with Crippen molar-refractivity contribution in [1.82, 2.24) is 9.97 Å². The Morgan fingerprint density at radius 1 is 1.15 bits per heavy atom. The van der Waals surface area contributed by atoms with E-state index < -0.39 is 5.82 Å². The second-order valence-electron chi connectivity index (χ2n) is 4.58. The first-order valence-corrected chi connectivity index (χ1v) is 6.44. The topological polar surface area (TPSA) is 75.9 Å². The summed E-state index contributed by atoms with van der Waals surface area (Å²) < 4.78 is 13.3. The molecule has 4 N–H and O–H groups in total. The molecule has 2 aromatic rings. The van der Waals surface area contributed by atoms with E-state index in [1.54, 1.807) is 12.1 Å². The Hall–Kier alpha value is -1.92. The highest BCUT2D eigenvalue weighted by molar-refractivity contribution is 6.30. The van der Waals surface area contributed by atoms with Crippen LogP contribution in [0.1, 0.15) is 25.6 Å². The Balaban J connectivity index is 2.34. The number of nitrogens with zero attached hydrogens (tertiary/aromatic N) is 2. The maximum Gasteiger partial charge on any atom is 0.145 e. The summed E-state index contributed by atoms with van der Waals surface area (Å²) in [6.45, 7) is 3.94. The van der Waals surface area contributed by atoms with Gasteiger partial charge in [-0.3, -0.25) is 0 Å². The first-order valence-electron chi connectivity index (χ1n) is 6.06. The molecule has 0 unspecified atom stereocenters. The molecule has 0 atom stereocenters. The lowest BCUT2D eigenvalue weighted by atomic mass is 10.2. The number of hydrazine groups is 1. The van der Waals surface area contributed by atoms with Crippen molar-refractivity contribution in [3.8, 4) is 0 Å². The van der Waals surface area contributed by atoms with Crippen LogP contribution in [0.15, 0.2) is 24.3 Å². The Bertz CT molecular complexity index is 597. The summed E-state index contributed by atoms with van der Waals surface area (Å²) in [5.41, 5.74) is 2.99. The van der Waals surface area contributed by atoms with Crippen LogP contribution >= 0.6 is 11.6 Å². The van der Waals surface area contributed by atoms with Crippen molar-refractivity contribution in [3.05, 3.63) is 40.9 Å². The van der Waals surface area contributed by atoms with Crippen molar-refractivity contribution < 1.29 is 4.39 Å². The largest absolute Gasteiger partial charge is 0.340 e. The number of anilines is 3. The number of nitrogen functional groups attached to an aromatic ring is 1. The van der Waals surface area contributed by atoms with Crippen LogP contribution in [-0.4, -0.2) is 9.97 Å². The molecule has 5 nitrogen and oxygen atoms in total. The molecule has 2 rings (SSSR count). The number of nitrogens with two attached hydrogens (primary N) is 1. The van der Waals surface area contributed by atoms with Crippen LogP contribution in [0.5, 0.6) is 0 Å². The van der Waals surface area contributed by atoms with Crippen molar-refractivity contribution in [3.63, 3.8) is 0 Å². The Labute approximate surface area is 121 Å². The lowest BCUT2D eigenvalue weighted by molar-refractivity contribution is 0.628. The van der Waals surface area contributed by atoms with Gasteiger partial charge < -0.3 is 10.7 Å². The molecule has 0 aliphatic heterocycles. The zero-order valence-corrected chi connectivity index (χ0v) is 11.9. The summed E-state index contributed by atoms with van der Waals surface area (Å²) in [7, 11) is 0. The van der Waals surface area contributed by atoms with Crippen LogP contribution in [-0.2, 0) is 0 Å². The van der Waals surface area contributed by atoms with Crippen molar-refractivity contribution in [2.24, 2.45) is 5.84 Å². The van der Waals surface area contributed by atoms with E-state index in [4.69, 9.17) is 17.4 Å². The van der Waals surface area contributed by atoms with Crippen molar-refractivity contribution >= 4 is 28.9 Å². The van der Waals surface area contributed by atoms with E-state index in [9.17, 15) is 4.39 Å². The number of hydrogen-bond acceptors (Lipinski definition) is 5. The SMILES string of the molecule is CC(C)c1nc(NN)cc(Nc2cc(F)cc(Cl)c2)n1. The summed E-state index contributed by atoms with van der Waals surface area (Å²) in [5, 5.41) is 3.29. The van der Waals surface area contributed by atoms with Gasteiger partial charge in [-0.1, -0.05) is 25.4 Å². The minimum Gasteiger partial charge on any atom is -0.340 e. The lowest BCUT2D eigenvalue weighted by Crippen LogP contribution is -2.12. The van der Waals surface area contributed by atoms with Crippen LogP contribution in [0.25, 0.3) is 0 Å². The van der Waals surface area contributed by atoms with Gasteiger partial charge in [0.1, 0.15) is 23.3 Å². The van der Waals surface area contributed by atoms with Crippen LogP contribution in [0.4, 0.5) is 21.7 Å². The first-order chi connectivity index (χ1) is 9.47. The molecular weight excluding hydrogens is 281 g/mol. The summed E-state index contributed by atoms with van der Waals surface area (Å²) in [5.74, 6) is 6.72. The molecule has 20 heavy (non-hydrogen) atoms. The van der Waals surface area contributed by atoms with Crippen LogP contribution in [0, 0.1) is 5.82 Å². The minimum absolute atomic E-state index is 0.139. The van der Waals surface area contributed by atoms with E-state index in [-0.39, 0.29) is 5.92 Å². The summed E-state index contributed by atoms with van der Waals surface area (Å²) in [4.78, 5) is 8.59. The van der Waals surface area contributed by atoms with E-state index in [1.165, 1.54) is 12.1 Å². The normalized spacial score (nSPS) is 10.7. The quantitative estimate of drug-likeness (QED) is 0.595. The van der Waals surface area contributed by atoms with Gasteiger partial charge in [-0.2, -0.15) is 0 Å². The van der Waals surface area contributed by atoms with E-state index in [0.29, 0.717) is 28.2 Å². The molecule has 0 amide bonds. The van der Waals surface area contributed by atoms with Gasteiger partial charge in [0, 0.05) is 22.7 Å². The Morgan fingerprint density at radius 2 is 1.85 bits per heavy atom. The molecule has 7 heteroatoms. The molecule has 0 radical (unpaired) electrons. The Morgan fingerprint density at radius 3 is 2.45 bits per heavy atom. The van der Waals surface area contributed by atoms with Gasteiger partial charge in [-0.15, -0.1) is 0 Å². The first kappa shape index (κ1) is 14.5. The highest BCUT2D eigenvalue weighted by Gasteiger charge is 2.08. The predicted octanol–water partition coefficient (Wildman–Crippen LogP) is 3.42. The Kier molecular flexibility index (Phi) is 4.36. The maximum absolute atomic E-state index is 13.3. The van der Waals surface area contributed by atoms with Gasteiger partial charge in [-0.05, 0) is 18.2 Å². The molecule has 0 spiro atoms. The van der Waals surface area contributed by atoms with Gasteiger partial charge >= 0.3 is 0 Å². The van der Waals surface area contributed by atoms with Crippen LogP contribution < -0.4 is 16.6 Å². The van der Waals surface area contributed by atoms with E-state index >= 15 is 0 Å². The van der Waals surface area contributed by atoms with Gasteiger partial charge in [0.25, 0.3) is 0 Å². The zero-order chi connectivity index (χ0) is 14.7. The summed E-state index contributed by atoms with van der Waals surface area (Å²) >= 11 is 5.81. The monoisotopic (exact) mass is 295 g/mol. The van der Waals surface area contributed by atoms with E-state index in [0.717, 1.165) is 0 Å². The van der Waals surface area contributed by atoms with Crippen molar-refractivity contribution in [2.75, 3.05) is 10.7 Å². The smallest absolute Gasteiger partial charge is 0.145 e. The van der Waals surface area contributed by atoms with Crippen LogP contribution in [0.2, 0.25) is 5.02 Å². The standard InChI is InChI=1S/C13H15ClFN5/c1-7(2)13-18-11(6-12(19-13)20-16)17-10-4-8(14)3-9(15)5-10/h3-7H,16H2,1-2H3,(H2,17,18,19,20). The third-order valence-corrected chi connectivity index (χ3v) is 2.76. The predicted molar refractivity (Wildman–Crippen MR) is 78.6 cm³/mol. The van der Waals surface area contributed by atoms with Gasteiger partial charge in [0.15, 0.2) is 0 Å². The molecule has 0 saturated carbocycles. The fourth-order valence-corrected chi connectivity index (χ4v) is 1.86. The molecule has 0 aliphatic rings. The fraction of sp³-hybridized carbons (Fsp3) is 0.231. The molecular formula is C13H15ClFN5. The molecule has 1 aromatic heterocycles. The average Bonchev–Trinajstić information content (AvgIpc) is 2.36. The number of benzene rings is 1. The molecule has 1 heterocycles. The molecule has 0 aliphatic carbocycles. The van der Waals surface area contributed by atoms with Gasteiger partial charge in [0.05, 0.1) is 0 Å². The zero-order valence-electron chi connectivity index (χ0n) is 11.1. The average molecular weight is 296 g/mol. The van der Waals surface area contributed by atoms with Gasteiger partial charge in [-0.25, -0.2) is 20.2 Å². The molecule has 0 fully saturated rings. The number of nitrogens with one attached hydrogen (secondary N) is 2. The molecule has 1 aromatic carbocycles. The third-order valence-electron chi connectivity index (χ3n) is 2.54. The van der Waals surface area contributed by atoms with E-state index in [1.807, 2.05) is 13.8 Å². The molecule has 0 saturated heterocycles. The maximum atomic E-state index is 13.3. The second-order valence-corrected chi connectivity index (χ2v) is 5.02. The number of rotatable bonds is 4. The molecule has 0 bridgehead atoms. The highest BCUT2D eigenvalue weighted by atomic mass is 35.5. The summed E-state index contributed by atoms with van der Waals surface area (Å²) in [6, 6.07) is 5.81. The van der Waals surface area contributed by atoms with Gasteiger partial charge in [0.2, 0.25) is 0 Å².